The molecular formula is C27H27N5O2. The van der Waals surface area contributed by atoms with Crippen LogP contribution in [-0.4, -0.2) is 36.3 Å². The van der Waals surface area contributed by atoms with Crippen LogP contribution in [0.1, 0.15) is 41.6 Å². The lowest BCUT2D eigenvalue weighted by Crippen LogP contribution is -2.48. The highest BCUT2D eigenvalue weighted by molar-refractivity contribution is 5.83. The Bertz CT molecular complexity index is 1340. The van der Waals surface area contributed by atoms with Crippen molar-refractivity contribution in [1.82, 2.24) is 10.0 Å². The van der Waals surface area contributed by atoms with E-state index in [-0.39, 0.29) is 0 Å². The number of aromatic nitrogens is 1. The van der Waals surface area contributed by atoms with Crippen molar-refractivity contribution in [3.8, 4) is 16.9 Å². The van der Waals surface area contributed by atoms with E-state index in [1.165, 1.54) is 0 Å². The van der Waals surface area contributed by atoms with E-state index in [0.29, 0.717) is 12.4 Å². The molecule has 7 nitrogen and oxygen atoms in total. The summed E-state index contributed by atoms with van der Waals surface area (Å²) in [4.78, 5) is 20.1. The van der Waals surface area contributed by atoms with Crippen molar-refractivity contribution >= 4 is 12.2 Å². The van der Waals surface area contributed by atoms with Gasteiger partial charge in [0.2, 0.25) is 11.7 Å². The summed E-state index contributed by atoms with van der Waals surface area (Å²) >= 11 is 0. The maximum absolute atomic E-state index is 6.83. The van der Waals surface area contributed by atoms with Crippen molar-refractivity contribution in [3.63, 3.8) is 0 Å². The largest absolute Gasteiger partial charge is 0.482 e. The van der Waals surface area contributed by atoms with Gasteiger partial charge in [-0.05, 0) is 60.2 Å². The second-order valence-electron chi connectivity index (χ2n) is 9.19. The number of aliphatic imine (C=N–C) groups is 2. The van der Waals surface area contributed by atoms with Crippen LogP contribution >= 0.6 is 0 Å². The number of hydrogen-bond acceptors (Lipinski definition) is 7. The van der Waals surface area contributed by atoms with Crippen LogP contribution in [0.25, 0.3) is 11.1 Å². The number of benzene rings is 2. The van der Waals surface area contributed by atoms with Crippen molar-refractivity contribution in [2.75, 3.05) is 14.1 Å². The lowest BCUT2D eigenvalue weighted by molar-refractivity contribution is -0.207. The third-order valence-corrected chi connectivity index (χ3v) is 7.01. The third kappa shape index (κ3) is 3.19. The van der Waals surface area contributed by atoms with E-state index in [0.717, 1.165) is 58.5 Å². The Morgan fingerprint density at radius 3 is 2.79 bits per heavy atom. The lowest BCUT2D eigenvalue weighted by Gasteiger charge is -2.47. The second kappa shape index (κ2) is 7.67. The number of aryl methyl sites for hydroxylation is 1. The lowest BCUT2D eigenvalue weighted by atomic mass is 9.73. The van der Waals surface area contributed by atoms with Gasteiger partial charge in [0.25, 0.3) is 0 Å². The Morgan fingerprint density at radius 2 is 1.97 bits per heavy atom. The topological polar surface area (TPSA) is 85.3 Å². The van der Waals surface area contributed by atoms with Gasteiger partial charge >= 0.3 is 0 Å². The van der Waals surface area contributed by atoms with Crippen LogP contribution in [-0.2, 0) is 22.6 Å². The van der Waals surface area contributed by atoms with E-state index >= 15 is 0 Å². The van der Waals surface area contributed by atoms with Crippen molar-refractivity contribution in [2.45, 2.75) is 37.0 Å². The summed E-state index contributed by atoms with van der Waals surface area (Å²) in [7, 11) is 3.57. The molecule has 0 amide bonds. The molecule has 7 heteroatoms. The van der Waals surface area contributed by atoms with Gasteiger partial charge in [-0.3, -0.25) is 9.98 Å². The number of guanidine groups is 1. The number of nitrogens with zero attached hydrogens (tertiary/aromatic N) is 4. The molecule has 0 bridgehead atoms. The van der Waals surface area contributed by atoms with Gasteiger partial charge in [0, 0.05) is 44.2 Å². The molecule has 3 aliphatic rings. The van der Waals surface area contributed by atoms with Gasteiger partial charge in [-0.25, -0.2) is 14.9 Å². The predicted molar refractivity (Wildman–Crippen MR) is 132 cm³/mol. The zero-order valence-corrected chi connectivity index (χ0v) is 19.4. The highest BCUT2D eigenvalue weighted by Crippen LogP contribution is 2.56. The number of ether oxygens (including phenoxy) is 1. The molecule has 0 saturated carbocycles. The zero-order valence-electron chi connectivity index (χ0n) is 19.4. The van der Waals surface area contributed by atoms with Gasteiger partial charge < -0.3 is 10.5 Å². The van der Waals surface area contributed by atoms with Gasteiger partial charge in [-0.2, -0.15) is 0 Å². The summed E-state index contributed by atoms with van der Waals surface area (Å²) in [6, 6.07) is 18.6. The standard InChI is InChI=1S/C27H27N5O2/c1-29-16-18-6-3-7-19(14-18)20-10-11-24-22(15-20)27(31-25(28)32(2)34-27)17-26(33-24)12-4-9-23-21(26)8-5-13-30-23/h3,5-8,10-11,13-16H,4,9,12,17H2,1-2H3,(H2,28,31). The third-order valence-electron chi connectivity index (χ3n) is 7.01. The van der Waals surface area contributed by atoms with Crippen LogP contribution in [0.4, 0.5) is 0 Å². The Kier molecular flexibility index (Phi) is 4.71. The average Bonchev–Trinajstić information content (AvgIpc) is 3.12. The number of rotatable bonds is 2. The molecule has 0 fully saturated rings. The first kappa shape index (κ1) is 20.9. The molecule has 2 unspecified atom stereocenters. The van der Waals surface area contributed by atoms with Crippen molar-refractivity contribution < 1.29 is 9.57 Å². The number of pyridine rings is 1. The molecular weight excluding hydrogens is 426 g/mol. The minimum atomic E-state index is -0.963. The first-order valence-electron chi connectivity index (χ1n) is 11.6. The molecule has 3 heterocycles. The van der Waals surface area contributed by atoms with E-state index in [1.807, 2.05) is 36.7 Å². The fraction of sp³-hybridized carbons (Fsp3) is 0.296. The quantitative estimate of drug-likeness (QED) is 0.589. The fourth-order valence-corrected chi connectivity index (χ4v) is 5.53. The summed E-state index contributed by atoms with van der Waals surface area (Å²) in [5, 5.41) is 1.56. The molecule has 2 aliphatic heterocycles. The summed E-state index contributed by atoms with van der Waals surface area (Å²) in [5.41, 5.74) is 11.0. The van der Waals surface area contributed by atoms with E-state index in [2.05, 4.69) is 40.3 Å². The summed E-state index contributed by atoms with van der Waals surface area (Å²) < 4.78 is 6.83. The van der Waals surface area contributed by atoms with Gasteiger partial charge in [0.15, 0.2) is 0 Å². The highest BCUT2D eigenvalue weighted by Gasteiger charge is 2.56. The molecule has 2 N–H and O–H groups in total. The Balaban J connectivity index is 1.51. The predicted octanol–water partition coefficient (Wildman–Crippen LogP) is 4.16. The van der Waals surface area contributed by atoms with Crippen LogP contribution in [0.5, 0.6) is 5.75 Å². The molecule has 34 heavy (non-hydrogen) atoms. The molecule has 2 atom stereocenters. The molecule has 0 saturated heterocycles. The highest BCUT2D eigenvalue weighted by atomic mass is 16.7. The van der Waals surface area contributed by atoms with E-state index in [4.69, 9.17) is 20.3 Å². The molecule has 1 aromatic heterocycles. The van der Waals surface area contributed by atoms with Gasteiger partial charge in [0.1, 0.15) is 11.4 Å². The fourth-order valence-electron chi connectivity index (χ4n) is 5.53. The minimum Gasteiger partial charge on any atom is -0.482 e. The second-order valence-corrected chi connectivity index (χ2v) is 9.19. The maximum atomic E-state index is 6.83. The number of fused-ring (bicyclic) bond motifs is 4. The van der Waals surface area contributed by atoms with Crippen LogP contribution < -0.4 is 10.5 Å². The molecule has 6 rings (SSSR count). The van der Waals surface area contributed by atoms with Crippen LogP contribution in [0.2, 0.25) is 0 Å². The van der Waals surface area contributed by atoms with E-state index in [1.54, 1.807) is 19.2 Å². The zero-order chi connectivity index (χ0) is 23.3. The molecule has 2 spiro atoms. The van der Waals surface area contributed by atoms with E-state index in [9.17, 15) is 0 Å². The molecule has 3 aromatic rings. The number of nitrogens with two attached hydrogens (primary N) is 1. The summed E-state index contributed by atoms with van der Waals surface area (Å²) in [6.45, 7) is 0. The smallest absolute Gasteiger partial charge is 0.222 e. The normalized spacial score (nSPS) is 25.4. The number of hydroxylamine groups is 2. The SMILES string of the molecule is CN=Cc1cccc(-c2ccc3c(c2)C2(CC4(CCCc5ncccc54)O3)N=C(N)N(C)O2)c1. The molecule has 172 valence electrons. The summed E-state index contributed by atoms with van der Waals surface area (Å²) in [5.74, 6) is 1.13. The van der Waals surface area contributed by atoms with Crippen molar-refractivity contribution in [2.24, 2.45) is 15.7 Å². The maximum Gasteiger partial charge on any atom is 0.222 e. The van der Waals surface area contributed by atoms with Crippen LogP contribution in [0.15, 0.2) is 70.8 Å². The molecule has 1 aliphatic carbocycles. The van der Waals surface area contributed by atoms with Crippen LogP contribution in [0.3, 0.4) is 0 Å². The van der Waals surface area contributed by atoms with Crippen molar-refractivity contribution in [3.05, 3.63) is 83.2 Å². The van der Waals surface area contributed by atoms with Crippen LogP contribution in [0, 0.1) is 0 Å². The Labute approximate surface area is 198 Å². The Morgan fingerprint density at radius 1 is 1.09 bits per heavy atom. The molecule has 2 aromatic carbocycles. The van der Waals surface area contributed by atoms with Gasteiger partial charge in [-0.1, -0.05) is 30.3 Å². The minimum absolute atomic E-state index is 0.358. The van der Waals surface area contributed by atoms with Gasteiger partial charge in [-0.15, -0.1) is 0 Å². The number of hydrogen-bond donors (Lipinski definition) is 1. The average molecular weight is 454 g/mol. The first-order valence-corrected chi connectivity index (χ1v) is 11.6. The van der Waals surface area contributed by atoms with E-state index < -0.39 is 11.3 Å². The Hall–Kier alpha value is -3.71. The first-order chi connectivity index (χ1) is 16.5. The van der Waals surface area contributed by atoms with Gasteiger partial charge in [0.05, 0.1) is 5.56 Å². The molecule has 0 radical (unpaired) electrons. The summed E-state index contributed by atoms with van der Waals surface area (Å²) in [6.07, 6.45) is 7.05. The monoisotopic (exact) mass is 453 g/mol. The van der Waals surface area contributed by atoms with Crippen molar-refractivity contribution in [1.29, 1.82) is 0 Å².